The molecule has 0 aliphatic rings. The number of benzene rings is 1. The van der Waals surface area contributed by atoms with Crippen LogP contribution >= 0.6 is 39.0 Å². The number of hydrogen-bond donors (Lipinski definition) is 1. The van der Waals surface area contributed by atoms with Gasteiger partial charge in [-0.3, -0.25) is 0 Å². The van der Waals surface area contributed by atoms with Crippen molar-refractivity contribution in [2.75, 3.05) is 12.4 Å². The summed E-state index contributed by atoms with van der Waals surface area (Å²) in [5.74, 6) is 0.914. The number of thioether (sulfide) groups is 1. The predicted molar refractivity (Wildman–Crippen MR) is 73.2 cm³/mol. The van der Waals surface area contributed by atoms with Crippen molar-refractivity contribution in [3.8, 4) is 0 Å². The van der Waals surface area contributed by atoms with E-state index in [0.29, 0.717) is 0 Å². The summed E-state index contributed by atoms with van der Waals surface area (Å²) in [6.45, 7) is 0. The maximum atomic E-state index is 4.08. The Balaban J connectivity index is 1.96. The molecule has 16 heavy (non-hydrogen) atoms. The monoisotopic (exact) mass is 315 g/mol. The van der Waals surface area contributed by atoms with Crippen molar-refractivity contribution in [3.63, 3.8) is 0 Å². The molecule has 0 atom stereocenters. The number of anilines is 1. The van der Waals surface area contributed by atoms with E-state index >= 15 is 0 Å². The summed E-state index contributed by atoms with van der Waals surface area (Å²) in [5, 5.41) is 11.9. The van der Waals surface area contributed by atoms with Crippen molar-refractivity contribution in [3.05, 3.63) is 34.3 Å². The number of hydrogen-bond acceptors (Lipinski definition) is 5. The summed E-state index contributed by atoms with van der Waals surface area (Å²) in [6, 6.07) is 8.29. The quantitative estimate of drug-likeness (QED) is 0.874. The number of aromatic nitrogens is 2. The third kappa shape index (κ3) is 3.20. The van der Waals surface area contributed by atoms with Crippen molar-refractivity contribution >= 4 is 44.2 Å². The zero-order valence-electron chi connectivity index (χ0n) is 8.61. The smallest absolute Gasteiger partial charge is 0.206 e. The summed E-state index contributed by atoms with van der Waals surface area (Å²) >= 11 is 6.74. The maximum absolute atomic E-state index is 4.08. The molecular formula is C10H10BrN3S2. The molecule has 0 unspecified atom stereocenters. The highest BCUT2D eigenvalue weighted by Gasteiger charge is 2.03. The first-order valence-corrected chi connectivity index (χ1v) is 7.26. The molecule has 0 radical (unpaired) electrons. The summed E-state index contributed by atoms with van der Waals surface area (Å²) in [6.07, 6.45) is 0. The van der Waals surface area contributed by atoms with Crippen LogP contribution < -0.4 is 5.32 Å². The largest absolute Gasteiger partial charge is 0.363 e. The van der Waals surface area contributed by atoms with Crippen LogP contribution in [0, 0.1) is 0 Å². The Labute approximate surface area is 111 Å². The molecule has 0 fully saturated rings. The van der Waals surface area contributed by atoms with E-state index in [4.69, 9.17) is 0 Å². The van der Waals surface area contributed by atoms with Crippen LogP contribution in [0.1, 0.15) is 5.56 Å². The molecule has 84 valence electrons. The molecule has 6 heteroatoms. The Morgan fingerprint density at radius 1 is 1.44 bits per heavy atom. The van der Waals surface area contributed by atoms with Crippen LogP contribution in [0.15, 0.2) is 33.1 Å². The highest BCUT2D eigenvalue weighted by Crippen LogP contribution is 2.28. The lowest BCUT2D eigenvalue weighted by Gasteiger charge is -1.98. The van der Waals surface area contributed by atoms with E-state index in [1.165, 1.54) is 5.56 Å². The van der Waals surface area contributed by atoms with Gasteiger partial charge in [-0.15, -0.1) is 10.2 Å². The van der Waals surface area contributed by atoms with E-state index in [1.807, 2.05) is 19.2 Å². The zero-order valence-corrected chi connectivity index (χ0v) is 11.8. The zero-order chi connectivity index (χ0) is 11.4. The first-order valence-electron chi connectivity index (χ1n) is 4.66. The highest BCUT2D eigenvalue weighted by molar-refractivity contribution is 9.10. The molecule has 1 N–H and O–H groups in total. The van der Waals surface area contributed by atoms with E-state index in [9.17, 15) is 0 Å². The molecule has 0 aliphatic heterocycles. The number of nitrogens with one attached hydrogen (secondary N) is 1. The lowest BCUT2D eigenvalue weighted by atomic mass is 10.2. The Morgan fingerprint density at radius 2 is 2.31 bits per heavy atom. The Hall–Kier alpha value is -0.590. The minimum Gasteiger partial charge on any atom is -0.363 e. The SMILES string of the molecule is CNc1nnc(SCc2cccc(Br)c2)s1. The molecule has 0 amide bonds. The Kier molecular flexibility index (Phi) is 4.20. The molecule has 0 bridgehead atoms. The number of nitrogens with zero attached hydrogens (tertiary/aromatic N) is 2. The first-order chi connectivity index (χ1) is 7.78. The second-order valence-electron chi connectivity index (χ2n) is 3.04. The summed E-state index contributed by atoms with van der Waals surface area (Å²) in [5.41, 5.74) is 1.28. The fraction of sp³-hybridized carbons (Fsp3) is 0.200. The van der Waals surface area contributed by atoms with Crippen molar-refractivity contribution in [1.29, 1.82) is 0 Å². The molecule has 2 rings (SSSR count). The summed E-state index contributed by atoms with van der Waals surface area (Å²) < 4.78 is 2.10. The predicted octanol–water partition coefficient (Wildman–Crippen LogP) is 3.63. The molecule has 3 nitrogen and oxygen atoms in total. The molecule has 1 aromatic heterocycles. The lowest BCUT2D eigenvalue weighted by Crippen LogP contribution is -1.84. The molecule has 2 aromatic rings. The Morgan fingerprint density at radius 3 is 3.00 bits per heavy atom. The highest BCUT2D eigenvalue weighted by atomic mass is 79.9. The van der Waals surface area contributed by atoms with E-state index in [-0.39, 0.29) is 0 Å². The van der Waals surface area contributed by atoms with Crippen molar-refractivity contribution in [2.45, 2.75) is 10.1 Å². The average molecular weight is 316 g/mol. The van der Waals surface area contributed by atoms with E-state index in [2.05, 4.69) is 43.6 Å². The van der Waals surface area contributed by atoms with Gasteiger partial charge in [0.05, 0.1) is 0 Å². The standard InChI is InChI=1S/C10H10BrN3S2/c1-12-9-13-14-10(16-9)15-6-7-3-2-4-8(11)5-7/h2-5H,6H2,1H3,(H,12,13). The third-order valence-electron chi connectivity index (χ3n) is 1.87. The second-order valence-corrected chi connectivity index (χ2v) is 6.16. The van der Waals surface area contributed by atoms with Gasteiger partial charge in [-0.05, 0) is 17.7 Å². The molecule has 0 spiro atoms. The lowest BCUT2D eigenvalue weighted by molar-refractivity contribution is 1.01. The third-order valence-corrected chi connectivity index (χ3v) is 4.51. The van der Waals surface area contributed by atoms with Gasteiger partial charge in [0, 0.05) is 17.3 Å². The van der Waals surface area contributed by atoms with Gasteiger partial charge in [0.1, 0.15) is 0 Å². The fourth-order valence-corrected chi connectivity index (χ4v) is 3.24. The van der Waals surface area contributed by atoms with Crippen LogP contribution in [0.25, 0.3) is 0 Å². The van der Waals surface area contributed by atoms with Gasteiger partial charge >= 0.3 is 0 Å². The van der Waals surface area contributed by atoms with Crippen molar-refractivity contribution in [1.82, 2.24) is 10.2 Å². The summed E-state index contributed by atoms with van der Waals surface area (Å²) in [4.78, 5) is 0. The summed E-state index contributed by atoms with van der Waals surface area (Å²) in [7, 11) is 1.85. The maximum Gasteiger partial charge on any atom is 0.206 e. The van der Waals surface area contributed by atoms with Gasteiger partial charge in [-0.2, -0.15) is 0 Å². The molecule has 0 saturated heterocycles. The average Bonchev–Trinajstić information content (AvgIpc) is 2.74. The normalized spacial score (nSPS) is 10.4. The van der Waals surface area contributed by atoms with Crippen LogP contribution in [-0.2, 0) is 5.75 Å². The van der Waals surface area contributed by atoms with Crippen LogP contribution in [0.4, 0.5) is 5.13 Å². The minimum absolute atomic E-state index is 0.858. The molecular weight excluding hydrogens is 306 g/mol. The van der Waals surface area contributed by atoms with E-state index in [1.54, 1.807) is 23.1 Å². The fourth-order valence-electron chi connectivity index (χ4n) is 1.14. The van der Waals surface area contributed by atoms with Gasteiger partial charge < -0.3 is 5.32 Å². The van der Waals surface area contributed by atoms with Crippen molar-refractivity contribution < 1.29 is 0 Å². The molecule has 1 aromatic carbocycles. The van der Waals surface area contributed by atoms with Gasteiger partial charge in [-0.1, -0.05) is 51.2 Å². The first kappa shape index (κ1) is 11.9. The van der Waals surface area contributed by atoms with Crippen LogP contribution in [0.3, 0.4) is 0 Å². The van der Waals surface area contributed by atoms with Gasteiger partial charge in [0.15, 0.2) is 4.34 Å². The molecule has 0 saturated carbocycles. The number of halogens is 1. The van der Waals surface area contributed by atoms with Crippen LogP contribution in [0.2, 0.25) is 0 Å². The van der Waals surface area contributed by atoms with Crippen LogP contribution in [0.5, 0.6) is 0 Å². The topological polar surface area (TPSA) is 37.8 Å². The Bertz CT molecular complexity index is 473. The molecule has 0 aliphatic carbocycles. The van der Waals surface area contributed by atoms with Gasteiger partial charge in [0.2, 0.25) is 5.13 Å². The van der Waals surface area contributed by atoms with Crippen LogP contribution in [-0.4, -0.2) is 17.2 Å². The number of rotatable bonds is 4. The second kappa shape index (κ2) is 5.65. The van der Waals surface area contributed by atoms with E-state index in [0.717, 1.165) is 19.7 Å². The van der Waals surface area contributed by atoms with E-state index < -0.39 is 0 Å². The van der Waals surface area contributed by atoms with Gasteiger partial charge in [0.25, 0.3) is 0 Å². The molecule has 1 heterocycles. The van der Waals surface area contributed by atoms with Gasteiger partial charge in [-0.25, -0.2) is 0 Å². The minimum atomic E-state index is 0.858. The van der Waals surface area contributed by atoms with Crippen molar-refractivity contribution in [2.24, 2.45) is 0 Å².